The Morgan fingerprint density at radius 2 is 1.89 bits per heavy atom. The molecule has 1 aliphatic rings. The highest BCUT2D eigenvalue weighted by atomic mass is 16.5. The lowest BCUT2D eigenvalue weighted by molar-refractivity contribution is 0.0868. The van der Waals surface area contributed by atoms with Crippen LogP contribution in [-0.4, -0.2) is 29.1 Å². The first-order valence-electron chi connectivity index (χ1n) is 9.57. The molecule has 1 fully saturated rings. The van der Waals surface area contributed by atoms with Crippen LogP contribution in [-0.2, 0) is 0 Å². The molecule has 0 aliphatic heterocycles. The minimum atomic E-state index is -0.435. The Morgan fingerprint density at radius 3 is 2.68 bits per heavy atom. The van der Waals surface area contributed by atoms with E-state index in [2.05, 4.69) is 15.8 Å². The molecule has 1 aromatic heterocycles. The number of nitrogens with zero attached hydrogens (tertiary/aromatic N) is 1. The van der Waals surface area contributed by atoms with Crippen LogP contribution >= 0.6 is 0 Å². The summed E-state index contributed by atoms with van der Waals surface area (Å²) in [6.07, 6.45) is 5.22. The minimum Gasteiger partial charge on any atom is -0.363 e. The second-order valence-corrected chi connectivity index (χ2v) is 7.55. The number of aromatic nitrogens is 1. The Bertz CT molecular complexity index is 1020. The Balaban J connectivity index is 1.49. The Morgan fingerprint density at radius 1 is 1.11 bits per heavy atom. The van der Waals surface area contributed by atoms with Crippen LogP contribution in [0, 0.1) is 6.92 Å². The molecule has 0 bridgehead atoms. The third kappa shape index (κ3) is 3.63. The molecule has 2 N–H and O–H groups in total. The number of hydrogen-bond donors (Lipinski definition) is 2. The van der Waals surface area contributed by atoms with Crippen molar-refractivity contribution >= 4 is 22.7 Å². The first kappa shape index (κ1) is 18.2. The molecule has 1 heterocycles. The Kier molecular flexibility index (Phi) is 4.86. The summed E-state index contributed by atoms with van der Waals surface area (Å²) in [5, 5.41) is 10.8. The predicted molar refractivity (Wildman–Crippen MR) is 106 cm³/mol. The van der Waals surface area contributed by atoms with E-state index < -0.39 is 5.54 Å². The van der Waals surface area contributed by atoms with Crippen LogP contribution < -0.4 is 10.6 Å². The molecular formula is C22H23N3O3. The summed E-state index contributed by atoms with van der Waals surface area (Å²) in [5.41, 5.74) is 2.43. The largest absolute Gasteiger partial charge is 0.363 e. The number of rotatable bonds is 5. The van der Waals surface area contributed by atoms with Crippen LogP contribution in [0.3, 0.4) is 0 Å². The third-order valence-corrected chi connectivity index (χ3v) is 5.46. The second-order valence-electron chi connectivity index (χ2n) is 7.55. The van der Waals surface area contributed by atoms with Gasteiger partial charge in [0.2, 0.25) is 0 Å². The van der Waals surface area contributed by atoms with Gasteiger partial charge in [-0.2, -0.15) is 0 Å². The first-order chi connectivity index (χ1) is 13.6. The average Bonchev–Trinajstić information content (AvgIpc) is 3.35. The van der Waals surface area contributed by atoms with Crippen LogP contribution in [0.2, 0.25) is 0 Å². The standard InChI is InChI=1S/C22H23N3O3/c1-15-6-4-7-16(12-15)20(26)23-14-22(10-2-3-11-22)24-21(27)17-8-5-9-19-18(17)13-28-25-19/h4-9,12-13H,2-3,10-11,14H2,1H3,(H,23,26)(H,24,27). The lowest BCUT2D eigenvalue weighted by Gasteiger charge is -2.31. The highest BCUT2D eigenvalue weighted by Crippen LogP contribution is 2.30. The van der Waals surface area contributed by atoms with E-state index >= 15 is 0 Å². The smallest absolute Gasteiger partial charge is 0.252 e. The summed E-state index contributed by atoms with van der Waals surface area (Å²) in [7, 11) is 0. The van der Waals surface area contributed by atoms with Gasteiger partial charge in [0.05, 0.1) is 16.5 Å². The van der Waals surface area contributed by atoms with Crippen molar-refractivity contribution in [2.75, 3.05) is 6.54 Å². The fraction of sp³-hybridized carbons (Fsp3) is 0.318. The maximum absolute atomic E-state index is 13.0. The van der Waals surface area contributed by atoms with Gasteiger partial charge in [-0.1, -0.05) is 41.8 Å². The molecule has 0 atom stereocenters. The average molecular weight is 377 g/mol. The molecule has 4 rings (SSSR count). The van der Waals surface area contributed by atoms with E-state index in [9.17, 15) is 9.59 Å². The molecular weight excluding hydrogens is 354 g/mol. The number of carbonyl (C=O) groups is 2. The van der Waals surface area contributed by atoms with Crippen LogP contribution in [0.5, 0.6) is 0 Å². The van der Waals surface area contributed by atoms with Crippen LogP contribution in [0.15, 0.2) is 53.3 Å². The monoisotopic (exact) mass is 377 g/mol. The minimum absolute atomic E-state index is 0.120. The zero-order chi connectivity index (χ0) is 19.6. The number of nitrogens with one attached hydrogen (secondary N) is 2. The number of benzene rings is 2. The zero-order valence-electron chi connectivity index (χ0n) is 15.8. The lowest BCUT2D eigenvalue weighted by atomic mass is 9.96. The van der Waals surface area contributed by atoms with Crippen molar-refractivity contribution in [3.63, 3.8) is 0 Å². The van der Waals surface area contributed by atoms with Gasteiger partial charge in [0.15, 0.2) is 0 Å². The predicted octanol–water partition coefficient (Wildman–Crippen LogP) is 3.61. The molecule has 3 aromatic rings. The Labute approximate surface area is 163 Å². The molecule has 0 saturated heterocycles. The van der Waals surface area contributed by atoms with Gasteiger partial charge in [-0.3, -0.25) is 9.59 Å². The summed E-state index contributed by atoms with van der Waals surface area (Å²) >= 11 is 0. The number of amides is 2. The van der Waals surface area contributed by atoms with Gasteiger partial charge >= 0.3 is 0 Å². The van der Waals surface area contributed by atoms with Gasteiger partial charge in [-0.15, -0.1) is 0 Å². The second kappa shape index (κ2) is 7.46. The quantitative estimate of drug-likeness (QED) is 0.711. The molecule has 1 saturated carbocycles. The summed E-state index contributed by atoms with van der Waals surface area (Å²) in [5.74, 6) is -0.286. The van der Waals surface area contributed by atoms with E-state index in [1.165, 1.54) is 6.26 Å². The molecule has 28 heavy (non-hydrogen) atoms. The van der Waals surface area contributed by atoms with Crippen molar-refractivity contribution in [2.45, 2.75) is 38.1 Å². The van der Waals surface area contributed by atoms with Crippen molar-refractivity contribution < 1.29 is 14.1 Å². The van der Waals surface area contributed by atoms with Gasteiger partial charge in [0.25, 0.3) is 11.8 Å². The number of fused-ring (bicyclic) bond motifs is 1. The van der Waals surface area contributed by atoms with Crippen molar-refractivity contribution in [3.05, 3.63) is 65.4 Å². The summed E-state index contributed by atoms with van der Waals surface area (Å²) in [4.78, 5) is 25.5. The van der Waals surface area contributed by atoms with Gasteiger partial charge in [-0.05, 0) is 44.0 Å². The Hall–Kier alpha value is -3.15. The fourth-order valence-electron chi connectivity index (χ4n) is 3.93. The first-order valence-corrected chi connectivity index (χ1v) is 9.57. The van der Waals surface area contributed by atoms with E-state index in [-0.39, 0.29) is 11.8 Å². The molecule has 144 valence electrons. The maximum Gasteiger partial charge on any atom is 0.252 e. The molecule has 6 heteroatoms. The van der Waals surface area contributed by atoms with Crippen LogP contribution in [0.4, 0.5) is 0 Å². The molecule has 2 amide bonds. The molecule has 6 nitrogen and oxygen atoms in total. The summed E-state index contributed by atoms with van der Waals surface area (Å²) in [6.45, 7) is 2.37. The maximum atomic E-state index is 13.0. The van der Waals surface area contributed by atoms with E-state index in [0.29, 0.717) is 28.6 Å². The highest BCUT2D eigenvalue weighted by molar-refractivity contribution is 6.06. The van der Waals surface area contributed by atoms with Crippen molar-refractivity contribution in [3.8, 4) is 0 Å². The molecule has 0 unspecified atom stereocenters. The van der Waals surface area contributed by atoms with Gasteiger partial charge in [0, 0.05) is 12.1 Å². The van der Waals surface area contributed by atoms with E-state index in [1.807, 2.05) is 31.2 Å². The van der Waals surface area contributed by atoms with Crippen LogP contribution in [0.1, 0.15) is 52.0 Å². The SMILES string of the molecule is Cc1cccc(C(=O)NCC2(NC(=O)c3cccc4nocc34)CCCC2)c1. The van der Waals surface area contributed by atoms with E-state index in [4.69, 9.17) is 4.52 Å². The normalized spacial score (nSPS) is 15.5. The summed E-state index contributed by atoms with van der Waals surface area (Å²) < 4.78 is 5.00. The van der Waals surface area contributed by atoms with Crippen molar-refractivity contribution in [1.82, 2.24) is 15.8 Å². The number of carbonyl (C=O) groups excluding carboxylic acids is 2. The number of aryl methyl sites for hydroxylation is 1. The molecule has 2 aromatic carbocycles. The van der Waals surface area contributed by atoms with Gasteiger partial charge < -0.3 is 15.2 Å². The molecule has 1 aliphatic carbocycles. The highest BCUT2D eigenvalue weighted by Gasteiger charge is 2.36. The van der Waals surface area contributed by atoms with Gasteiger partial charge in [0.1, 0.15) is 11.8 Å². The van der Waals surface area contributed by atoms with E-state index in [1.54, 1.807) is 18.2 Å². The third-order valence-electron chi connectivity index (χ3n) is 5.46. The van der Waals surface area contributed by atoms with Crippen LogP contribution in [0.25, 0.3) is 10.9 Å². The zero-order valence-corrected chi connectivity index (χ0v) is 15.8. The van der Waals surface area contributed by atoms with Gasteiger partial charge in [-0.25, -0.2) is 0 Å². The summed E-state index contributed by atoms with van der Waals surface area (Å²) in [6, 6.07) is 12.9. The molecule has 0 radical (unpaired) electrons. The number of hydrogen-bond acceptors (Lipinski definition) is 4. The van der Waals surface area contributed by atoms with E-state index in [0.717, 1.165) is 31.2 Å². The van der Waals surface area contributed by atoms with Crippen molar-refractivity contribution in [1.29, 1.82) is 0 Å². The molecule has 0 spiro atoms. The fourth-order valence-corrected chi connectivity index (χ4v) is 3.93. The van der Waals surface area contributed by atoms with Crippen molar-refractivity contribution in [2.24, 2.45) is 0 Å². The topological polar surface area (TPSA) is 84.2 Å². The lowest BCUT2D eigenvalue weighted by Crippen LogP contribution is -2.54.